The number of carbonyl (C=O) groups excluding carboxylic acids is 3. The minimum atomic E-state index is -0.524. The molecular formula is C20H28N2O4. The quantitative estimate of drug-likeness (QED) is 0.764. The van der Waals surface area contributed by atoms with Crippen molar-refractivity contribution in [3.63, 3.8) is 0 Å². The summed E-state index contributed by atoms with van der Waals surface area (Å²) in [5, 5.41) is 5.66. The van der Waals surface area contributed by atoms with E-state index < -0.39 is 5.97 Å². The van der Waals surface area contributed by atoms with Crippen LogP contribution in [0.25, 0.3) is 0 Å². The van der Waals surface area contributed by atoms with Crippen LogP contribution in [0.3, 0.4) is 0 Å². The largest absolute Gasteiger partial charge is 0.452 e. The summed E-state index contributed by atoms with van der Waals surface area (Å²) < 4.78 is 5.10. The summed E-state index contributed by atoms with van der Waals surface area (Å²) in [7, 11) is 0. The molecule has 6 heteroatoms. The van der Waals surface area contributed by atoms with Crippen LogP contribution in [0.15, 0.2) is 24.3 Å². The smallest absolute Gasteiger partial charge is 0.338 e. The molecule has 1 aromatic carbocycles. The SMILES string of the molecule is CC(=O)NCc1ccc(C(=O)OCC(=O)NC2CCCCCCC2)cc1. The molecule has 2 rings (SSSR count). The van der Waals surface area contributed by atoms with Crippen molar-refractivity contribution in [3.8, 4) is 0 Å². The first-order valence-corrected chi connectivity index (χ1v) is 9.34. The lowest BCUT2D eigenvalue weighted by atomic mass is 9.97. The molecular weight excluding hydrogens is 332 g/mol. The molecule has 1 aliphatic carbocycles. The molecule has 0 radical (unpaired) electrons. The molecule has 0 saturated heterocycles. The molecule has 0 spiro atoms. The average Bonchev–Trinajstić information content (AvgIpc) is 2.60. The molecule has 6 nitrogen and oxygen atoms in total. The van der Waals surface area contributed by atoms with Gasteiger partial charge in [-0.05, 0) is 30.5 Å². The van der Waals surface area contributed by atoms with Crippen molar-refractivity contribution in [1.29, 1.82) is 0 Å². The Morgan fingerprint density at radius 3 is 2.23 bits per heavy atom. The van der Waals surface area contributed by atoms with Gasteiger partial charge in [0.15, 0.2) is 6.61 Å². The van der Waals surface area contributed by atoms with Gasteiger partial charge < -0.3 is 15.4 Å². The molecule has 1 fully saturated rings. The van der Waals surface area contributed by atoms with Gasteiger partial charge in [-0.3, -0.25) is 9.59 Å². The number of hydrogen-bond acceptors (Lipinski definition) is 4. The molecule has 1 saturated carbocycles. The molecule has 142 valence electrons. The summed E-state index contributed by atoms with van der Waals surface area (Å²) in [4.78, 5) is 35.0. The Bertz CT molecular complexity index is 605. The summed E-state index contributed by atoms with van der Waals surface area (Å²) in [6.45, 7) is 1.60. The summed E-state index contributed by atoms with van der Waals surface area (Å²) in [6, 6.07) is 6.95. The van der Waals surface area contributed by atoms with E-state index in [1.54, 1.807) is 24.3 Å². The van der Waals surface area contributed by atoms with Crippen molar-refractivity contribution >= 4 is 17.8 Å². The molecule has 0 aliphatic heterocycles. The van der Waals surface area contributed by atoms with E-state index in [4.69, 9.17) is 4.74 Å². The molecule has 26 heavy (non-hydrogen) atoms. The number of amides is 2. The summed E-state index contributed by atoms with van der Waals surface area (Å²) >= 11 is 0. The lowest BCUT2D eigenvalue weighted by Gasteiger charge is -2.20. The number of hydrogen-bond donors (Lipinski definition) is 2. The molecule has 2 N–H and O–H groups in total. The molecule has 0 bridgehead atoms. The number of benzene rings is 1. The van der Waals surface area contributed by atoms with Gasteiger partial charge >= 0.3 is 5.97 Å². The first-order chi connectivity index (χ1) is 12.5. The molecule has 2 amide bonds. The van der Waals surface area contributed by atoms with Gasteiger partial charge in [0.25, 0.3) is 5.91 Å². The predicted molar refractivity (Wildman–Crippen MR) is 98.5 cm³/mol. The maximum absolute atomic E-state index is 12.0. The Morgan fingerprint density at radius 1 is 1.00 bits per heavy atom. The fraction of sp³-hybridized carbons (Fsp3) is 0.550. The number of esters is 1. The van der Waals surface area contributed by atoms with Crippen LogP contribution < -0.4 is 10.6 Å². The Balaban J connectivity index is 1.74. The lowest BCUT2D eigenvalue weighted by molar-refractivity contribution is -0.125. The normalized spacial score (nSPS) is 15.4. The highest BCUT2D eigenvalue weighted by molar-refractivity contribution is 5.91. The maximum Gasteiger partial charge on any atom is 0.338 e. The van der Waals surface area contributed by atoms with Crippen molar-refractivity contribution in [2.24, 2.45) is 0 Å². The Kier molecular flexibility index (Phi) is 8.12. The van der Waals surface area contributed by atoms with E-state index in [0.29, 0.717) is 12.1 Å². The highest BCUT2D eigenvalue weighted by Crippen LogP contribution is 2.17. The molecule has 0 atom stereocenters. The third kappa shape index (κ3) is 7.25. The fourth-order valence-corrected chi connectivity index (χ4v) is 3.07. The Morgan fingerprint density at radius 2 is 1.62 bits per heavy atom. The summed E-state index contributed by atoms with van der Waals surface area (Å²) in [6.07, 6.45) is 7.98. The third-order valence-electron chi connectivity index (χ3n) is 4.54. The first-order valence-electron chi connectivity index (χ1n) is 9.34. The molecule has 0 aromatic heterocycles. The second-order valence-electron chi connectivity index (χ2n) is 6.79. The molecule has 1 aliphatic rings. The zero-order valence-electron chi connectivity index (χ0n) is 15.4. The van der Waals surface area contributed by atoms with Crippen molar-refractivity contribution in [1.82, 2.24) is 10.6 Å². The van der Waals surface area contributed by atoms with E-state index in [1.165, 1.54) is 26.2 Å². The standard InChI is InChI=1S/C20H28N2O4/c1-15(23)21-13-16-9-11-17(12-10-16)20(25)26-14-19(24)22-18-7-5-3-2-4-6-8-18/h9-12,18H,2-8,13-14H2,1H3,(H,21,23)(H,22,24). The van der Waals surface area contributed by atoms with Crippen LogP contribution in [0.4, 0.5) is 0 Å². The topological polar surface area (TPSA) is 84.5 Å². The number of rotatable bonds is 6. The van der Waals surface area contributed by atoms with Crippen LogP contribution >= 0.6 is 0 Å². The van der Waals surface area contributed by atoms with Gasteiger partial charge in [-0.15, -0.1) is 0 Å². The van der Waals surface area contributed by atoms with Crippen molar-refractivity contribution in [2.45, 2.75) is 64.5 Å². The van der Waals surface area contributed by atoms with Gasteiger partial charge in [0, 0.05) is 19.5 Å². The van der Waals surface area contributed by atoms with E-state index in [9.17, 15) is 14.4 Å². The van der Waals surface area contributed by atoms with Crippen LogP contribution in [0, 0.1) is 0 Å². The molecule has 0 heterocycles. The van der Waals surface area contributed by atoms with E-state index >= 15 is 0 Å². The van der Waals surface area contributed by atoms with Gasteiger partial charge in [0.1, 0.15) is 0 Å². The van der Waals surface area contributed by atoms with Gasteiger partial charge in [-0.25, -0.2) is 4.79 Å². The molecule has 0 unspecified atom stereocenters. The number of ether oxygens (including phenoxy) is 1. The van der Waals surface area contributed by atoms with Gasteiger partial charge in [0.2, 0.25) is 5.91 Å². The van der Waals surface area contributed by atoms with Crippen LogP contribution in [0.5, 0.6) is 0 Å². The lowest BCUT2D eigenvalue weighted by Crippen LogP contribution is -2.38. The van der Waals surface area contributed by atoms with Gasteiger partial charge in [-0.1, -0.05) is 44.2 Å². The second kappa shape index (κ2) is 10.6. The minimum Gasteiger partial charge on any atom is -0.452 e. The van der Waals surface area contributed by atoms with E-state index in [0.717, 1.165) is 31.2 Å². The van der Waals surface area contributed by atoms with E-state index in [2.05, 4.69) is 10.6 Å². The van der Waals surface area contributed by atoms with Crippen LogP contribution in [-0.4, -0.2) is 30.4 Å². The predicted octanol–water partition coefficient (Wildman–Crippen LogP) is 2.71. The van der Waals surface area contributed by atoms with Crippen molar-refractivity contribution in [3.05, 3.63) is 35.4 Å². The highest BCUT2D eigenvalue weighted by atomic mass is 16.5. The van der Waals surface area contributed by atoms with Gasteiger partial charge in [0.05, 0.1) is 5.56 Å². The van der Waals surface area contributed by atoms with Crippen LogP contribution in [0.1, 0.15) is 67.8 Å². The fourth-order valence-electron chi connectivity index (χ4n) is 3.07. The maximum atomic E-state index is 12.0. The zero-order chi connectivity index (χ0) is 18.8. The number of carbonyl (C=O) groups is 3. The van der Waals surface area contributed by atoms with Gasteiger partial charge in [-0.2, -0.15) is 0 Å². The van der Waals surface area contributed by atoms with E-state index in [-0.39, 0.29) is 24.5 Å². The monoisotopic (exact) mass is 360 g/mol. The zero-order valence-corrected chi connectivity index (χ0v) is 15.4. The van der Waals surface area contributed by atoms with E-state index in [1.807, 2.05) is 0 Å². The third-order valence-corrected chi connectivity index (χ3v) is 4.54. The second-order valence-corrected chi connectivity index (χ2v) is 6.79. The number of nitrogens with one attached hydrogen (secondary N) is 2. The Hall–Kier alpha value is -2.37. The van der Waals surface area contributed by atoms with Crippen molar-refractivity contribution in [2.75, 3.05) is 6.61 Å². The van der Waals surface area contributed by atoms with Crippen LogP contribution in [0.2, 0.25) is 0 Å². The Labute approximate surface area is 154 Å². The first kappa shape index (κ1) is 19.9. The summed E-state index contributed by atoms with van der Waals surface area (Å²) in [5.41, 5.74) is 1.27. The minimum absolute atomic E-state index is 0.108. The van der Waals surface area contributed by atoms with Crippen molar-refractivity contribution < 1.29 is 19.1 Å². The summed E-state index contributed by atoms with van der Waals surface area (Å²) in [5.74, 6) is -0.876. The molecule has 1 aromatic rings. The van der Waals surface area contributed by atoms with Crippen LogP contribution in [-0.2, 0) is 20.9 Å². The average molecular weight is 360 g/mol. The highest BCUT2D eigenvalue weighted by Gasteiger charge is 2.16.